The Balaban J connectivity index is 1.31. The lowest BCUT2D eigenvalue weighted by molar-refractivity contribution is 0.0505. The van der Waals surface area contributed by atoms with Gasteiger partial charge in [-0.05, 0) is 62.7 Å². The fourth-order valence-corrected chi connectivity index (χ4v) is 6.39. The van der Waals surface area contributed by atoms with E-state index in [4.69, 9.17) is 9.97 Å². The van der Waals surface area contributed by atoms with Crippen molar-refractivity contribution >= 4 is 11.2 Å². The summed E-state index contributed by atoms with van der Waals surface area (Å²) in [5.74, 6) is 1.48. The van der Waals surface area contributed by atoms with Crippen molar-refractivity contribution in [2.75, 3.05) is 53.4 Å². The number of fused-ring (bicyclic) bond motifs is 1. The van der Waals surface area contributed by atoms with E-state index in [-0.39, 0.29) is 5.54 Å². The summed E-state index contributed by atoms with van der Waals surface area (Å²) in [6.45, 7) is 9.37. The van der Waals surface area contributed by atoms with Crippen LogP contribution in [0.1, 0.15) is 55.6 Å². The number of piperidine rings is 1. The fraction of sp³-hybridized carbons (Fsp3) is 0.586. The molecule has 0 amide bonds. The number of piperazine rings is 1. The average Bonchev–Trinajstić information content (AvgIpc) is 3.23. The van der Waals surface area contributed by atoms with Crippen molar-refractivity contribution in [1.82, 2.24) is 34.6 Å². The molecule has 1 aromatic carbocycles. The molecule has 5 rings (SSSR count). The zero-order chi connectivity index (χ0) is 26.0. The maximum Gasteiger partial charge on any atom is 0.159 e. The molecule has 2 aliphatic rings. The smallest absolute Gasteiger partial charge is 0.159 e. The number of rotatable bonds is 8. The minimum atomic E-state index is -0.0500. The van der Waals surface area contributed by atoms with Gasteiger partial charge in [0.25, 0.3) is 0 Å². The van der Waals surface area contributed by atoms with Crippen molar-refractivity contribution in [2.45, 2.75) is 50.7 Å². The van der Waals surface area contributed by atoms with Gasteiger partial charge in [-0.2, -0.15) is 0 Å². The third kappa shape index (κ3) is 5.25. The molecule has 8 heteroatoms. The van der Waals surface area contributed by atoms with Crippen LogP contribution in [0.4, 0.5) is 0 Å². The van der Waals surface area contributed by atoms with Crippen molar-refractivity contribution in [3.8, 4) is 5.75 Å². The van der Waals surface area contributed by atoms with Crippen LogP contribution in [0, 0.1) is 0 Å². The van der Waals surface area contributed by atoms with Gasteiger partial charge in [-0.15, -0.1) is 0 Å². The Labute approximate surface area is 221 Å². The highest BCUT2D eigenvalue weighted by Gasteiger charge is 2.38. The van der Waals surface area contributed by atoms with Crippen LogP contribution in [-0.2, 0) is 19.1 Å². The minimum Gasteiger partial charge on any atom is -0.508 e. The van der Waals surface area contributed by atoms with E-state index in [0.29, 0.717) is 11.8 Å². The first-order valence-electron chi connectivity index (χ1n) is 13.9. The van der Waals surface area contributed by atoms with E-state index < -0.39 is 0 Å². The number of nitrogens with one attached hydrogen (secondary N) is 1. The zero-order valence-corrected chi connectivity index (χ0v) is 23.0. The van der Waals surface area contributed by atoms with Crippen LogP contribution >= 0.6 is 0 Å². The van der Waals surface area contributed by atoms with Crippen molar-refractivity contribution in [2.24, 2.45) is 7.05 Å². The summed E-state index contributed by atoms with van der Waals surface area (Å²) in [4.78, 5) is 17.5. The molecular formula is C29H43N7O. The first-order valence-corrected chi connectivity index (χ1v) is 13.9. The van der Waals surface area contributed by atoms with Gasteiger partial charge >= 0.3 is 0 Å². The molecule has 3 aromatic rings. The Kier molecular flexibility index (Phi) is 7.81. The summed E-state index contributed by atoms with van der Waals surface area (Å²) in [6, 6.07) is 10.4. The Hall–Kier alpha value is -2.52. The van der Waals surface area contributed by atoms with Crippen LogP contribution < -0.4 is 5.32 Å². The molecule has 2 fully saturated rings. The number of hydrogen-bond donors (Lipinski definition) is 2. The molecule has 2 aliphatic heterocycles. The highest BCUT2D eigenvalue weighted by molar-refractivity contribution is 5.72. The number of benzene rings is 1. The Morgan fingerprint density at radius 3 is 2.54 bits per heavy atom. The standard InChI is InChI=1S/C29H43N7O/c1-5-7-26(36-16-12-30-13-17-36)28-32-25-18-22(20-31-27(25)34(28)4)21-35-14-10-29(11-15-35,33(2)3)23-8-6-9-24(37)19-23/h6,8-9,18-20,26,30,37H,5,7,10-17,21H2,1-4H3/t26-/m0/s1. The average molecular weight is 506 g/mol. The SMILES string of the molecule is CCC[C@@H](c1nc2cc(CN3CCC(c4cccc(O)c4)(N(C)C)CC3)cnc2n1C)N1CCNCC1. The molecule has 2 saturated heterocycles. The molecule has 200 valence electrons. The number of imidazole rings is 1. The van der Waals surface area contributed by atoms with Gasteiger partial charge in [-0.3, -0.25) is 14.7 Å². The van der Waals surface area contributed by atoms with Gasteiger partial charge in [0, 0.05) is 64.6 Å². The first kappa shape index (κ1) is 26.1. The molecule has 37 heavy (non-hydrogen) atoms. The Morgan fingerprint density at radius 1 is 1.11 bits per heavy atom. The highest BCUT2D eigenvalue weighted by Crippen LogP contribution is 2.39. The van der Waals surface area contributed by atoms with Gasteiger partial charge in [-0.1, -0.05) is 25.5 Å². The zero-order valence-electron chi connectivity index (χ0n) is 23.0. The number of aryl methyl sites for hydroxylation is 1. The molecule has 0 aliphatic carbocycles. The van der Waals surface area contributed by atoms with Crippen LogP contribution in [0.2, 0.25) is 0 Å². The lowest BCUT2D eigenvalue weighted by Gasteiger charge is -2.46. The predicted octanol–water partition coefficient (Wildman–Crippen LogP) is 3.47. The van der Waals surface area contributed by atoms with Crippen LogP contribution in [0.5, 0.6) is 5.75 Å². The van der Waals surface area contributed by atoms with E-state index in [1.54, 1.807) is 6.07 Å². The number of phenols is 1. The largest absolute Gasteiger partial charge is 0.508 e. The number of hydrogen-bond acceptors (Lipinski definition) is 7. The van der Waals surface area contributed by atoms with Crippen LogP contribution in [-0.4, -0.2) is 87.7 Å². The Bertz CT molecular complexity index is 1190. The van der Waals surface area contributed by atoms with Crippen LogP contribution in [0.3, 0.4) is 0 Å². The van der Waals surface area contributed by atoms with E-state index in [1.807, 2.05) is 18.3 Å². The van der Waals surface area contributed by atoms with Gasteiger partial charge < -0.3 is 15.0 Å². The van der Waals surface area contributed by atoms with Gasteiger partial charge in [0.15, 0.2) is 5.65 Å². The second kappa shape index (κ2) is 11.1. The first-order chi connectivity index (χ1) is 17.9. The van der Waals surface area contributed by atoms with Gasteiger partial charge in [0.1, 0.15) is 17.1 Å². The quantitative estimate of drug-likeness (QED) is 0.486. The topological polar surface area (TPSA) is 72.7 Å². The second-order valence-corrected chi connectivity index (χ2v) is 11.1. The molecular weight excluding hydrogens is 462 g/mol. The van der Waals surface area contributed by atoms with E-state index in [0.717, 1.165) is 88.5 Å². The maximum absolute atomic E-state index is 10.1. The van der Waals surface area contributed by atoms with Gasteiger partial charge in [0.2, 0.25) is 0 Å². The number of aromatic nitrogens is 3. The number of phenolic OH excluding ortho intramolecular Hbond substituents is 1. The molecule has 0 spiro atoms. The molecule has 1 atom stereocenters. The fourth-order valence-electron chi connectivity index (χ4n) is 6.39. The molecule has 8 nitrogen and oxygen atoms in total. The normalized spacial score (nSPS) is 20.0. The highest BCUT2D eigenvalue weighted by atomic mass is 16.3. The summed E-state index contributed by atoms with van der Waals surface area (Å²) in [5.41, 5.74) is 4.36. The van der Waals surface area contributed by atoms with Crippen molar-refractivity contribution in [3.63, 3.8) is 0 Å². The molecule has 2 N–H and O–H groups in total. The molecule has 2 aromatic heterocycles. The van der Waals surface area contributed by atoms with Crippen LogP contribution in [0.15, 0.2) is 36.5 Å². The Morgan fingerprint density at radius 2 is 1.86 bits per heavy atom. The minimum absolute atomic E-state index is 0.0500. The number of nitrogens with zero attached hydrogens (tertiary/aromatic N) is 6. The van der Waals surface area contributed by atoms with Crippen molar-refractivity contribution in [3.05, 3.63) is 53.5 Å². The van der Waals surface area contributed by atoms with E-state index >= 15 is 0 Å². The number of likely N-dealkylation sites (tertiary alicyclic amines) is 1. The summed E-state index contributed by atoms with van der Waals surface area (Å²) < 4.78 is 2.21. The van der Waals surface area contributed by atoms with E-state index in [2.05, 4.69) is 64.8 Å². The van der Waals surface area contributed by atoms with E-state index in [9.17, 15) is 5.11 Å². The summed E-state index contributed by atoms with van der Waals surface area (Å²) in [5, 5.41) is 13.6. The van der Waals surface area contributed by atoms with Crippen molar-refractivity contribution < 1.29 is 5.11 Å². The monoisotopic (exact) mass is 505 g/mol. The van der Waals surface area contributed by atoms with Gasteiger partial charge in [-0.25, -0.2) is 9.97 Å². The molecule has 0 bridgehead atoms. The second-order valence-electron chi connectivity index (χ2n) is 11.1. The van der Waals surface area contributed by atoms with Gasteiger partial charge in [0.05, 0.1) is 6.04 Å². The lowest BCUT2D eigenvalue weighted by atomic mass is 9.79. The third-order valence-electron chi connectivity index (χ3n) is 8.58. The number of aromatic hydroxyl groups is 1. The number of pyridine rings is 1. The predicted molar refractivity (Wildman–Crippen MR) is 149 cm³/mol. The maximum atomic E-state index is 10.1. The summed E-state index contributed by atoms with van der Waals surface area (Å²) >= 11 is 0. The third-order valence-corrected chi connectivity index (χ3v) is 8.58. The summed E-state index contributed by atoms with van der Waals surface area (Å²) in [6.07, 6.45) is 6.34. The molecule has 4 heterocycles. The van der Waals surface area contributed by atoms with Crippen LogP contribution in [0.25, 0.3) is 11.2 Å². The molecule has 0 radical (unpaired) electrons. The van der Waals surface area contributed by atoms with Crippen molar-refractivity contribution in [1.29, 1.82) is 0 Å². The lowest BCUT2D eigenvalue weighted by Crippen LogP contribution is -2.50. The molecule has 0 unspecified atom stereocenters. The molecule has 0 saturated carbocycles. The van der Waals surface area contributed by atoms with E-state index in [1.165, 1.54) is 11.1 Å². The summed E-state index contributed by atoms with van der Waals surface area (Å²) in [7, 11) is 6.43.